The molecule has 0 aliphatic carbocycles. The van der Waals surface area contributed by atoms with Crippen molar-refractivity contribution in [2.45, 2.75) is 0 Å². The second-order valence-corrected chi connectivity index (χ2v) is 3.87. The summed E-state index contributed by atoms with van der Waals surface area (Å²) in [5, 5.41) is 1.18. The summed E-state index contributed by atoms with van der Waals surface area (Å²) in [7, 11) is 0. The van der Waals surface area contributed by atoms with Crippen molar-refractivity contribution in [1.82, 2.24) is 13.8 Å². The first-order valence-electron chi connectivity index (χ1n) is 5.26. The van der Waals surface area contributed by atoms with E-state index in [4.69, 9.17) is 0 Å². The summed E-state index contributed by atoms with van der Waals surface area (Å²) in [4.78, 5) is 4.43. The van der Waals surface area contributed by atoms with E-state index in [0.717, 1.165) is 11.3 Å². The Morgan fingerprint density at radius 2 is 1.81 bits per heavy atom. The van der Waals surface area contributed by atoms with Gasteiger partial charge in [0.2, 0.25) is 0 Å². The molecule has 0 bridgehead atoms. The van der Waals surface area contributed by atoms with Crippen molar-refractivity contribution in [1.29, 1.82) is 0 Å². The third-order valence-electron chi connectivity index (χ3n) is 3.02. The van der Waals surface area contributed by atoms with Gasteiger partial charge in [-0.3, -0.25) is 4.40 Å². The minimum Gasteiger partial charge on any atom is -0.302 e. The number of para-hydroxylation sites is 1. The van der Waals surface area contributed by atoms with Gasteiger partial charge in [-0.1, -0.05) is 12.1 Å². The summed E-state index contributed by atoms with van der Waals surface area (Å²) in [5.41, 5.74) is 3.36. The molecule has 0 unspecified atom stereocenters. The molecule has 1 aromatic carbocycles. The number of hydrogen-bond donors (Lipinski definition) is 0. The highest BCUT2D eigenvalue weighted by molar-refractivity contribution is 5.93. The zero-order valence-electron chi connectivity index (χ0n) is 8.54. The fraction of sp³-hybridized carbons (Fsp3) is 0. The Morgan fingerprint density at radius 1 is 0.875 bits per heavy atom. The van der Waals surface area contributed by atoms with E-state index in [0.29, 0.717) is 0 Å². The van der Waals surface area contributed by atoms with Gasteiger partial charge in [0, 0.05) is 24.0 Å². The SMILES string of the molecule is c1ccc2c(c1)c1nccn1c1cccn21. The van der Waals surface area contributed by atoms with E-state index >= 15 is 0 Å². The van der Waals surface area contributed by atoms with Crippen LogP contribution in [0.4, 0.5) is 0 Å². The van der Waals surface area contributed by atoms with Crippen molar-refractivity contribution in [2.75, 3.05) is 0 Å². The van der Waals surface area contributed by atoms with E-state index in [1.54, 1.807) is 0 Å². The molecule has 0 fully saturated rings. The molecule has 0 aliphatic heterocycles. The van der Waals surface area contributed by atoms with Crippen LogP contribution in [-0.2, 0) is 0 Å². The molecule has 0 spiro atoms. The highest BCUT2D eigenvalue weighted by Crippen LogP contribution is 2.21. The lowest BCUT2D eigenvalue weighted by molar-refractivity contribution is 1.14. The lowest BCUT2D eigenvalue weighted by atomic mass is 10.2. The summed E-state index contributed by atoms with van der Waals surface area (Å²) in [6.45, 7) is 0. The molecule has 0 radical (unpaired) electrons. The zero-order chi connectivity index (χ0) is 10.5. The summed E-state index contributed by atoms with van der Waals surface area (Å²) in [6.07, 6.45) is 5.92. The van der Waals surface area contributed by atoms with Crippen molar-refractivity contribution in [3.8, 4) is 0 Å². The summed E-state index contributed by atoms with van der Waals surface area (Å²) in [5.74, 6) is 0. The first-order valence-corrected chi connectivity index (χ1v) is 5.26. The monoisotopic (exact) mass is 207 g/mol. The van der Waals surface area contributed by atoms with Gasteiger partial charge in [0.05, 0.1) is 5.52 Å². The third-order valence-corrected chi connectivity index (χ3v) is 3.02. The predicted octanol–water partition coefficient (Wildman–Crippen LogP) is 2.74. The third kappa shape index (κ3) is 0.810. The van der Waals surface area contributed by atoms with E-state index < -0.39 is 0 Å². The maximum Gasteiger partial charge on any atom is 0.147 e. The molecule has 0 saturated heterocycles. The minimum atomic E-state index is 1.02. The lowest BCUT2D eigenvalue weighted by Gasteiger charge is -2.06. The van der Waals surface area contributed by atoms with Gasteiger partial charge in [-0.05, 0) is 24.3 Å². The molecular formula is C13H9N3. The van der Waals surface area contributed by atoms with Crippen molar-refractivity contribution < 1.29 is 0 Å². The van der Waals surface area contributed by atoms with Gasteiger partial charge in [-0.2, -0.15) is 0 Å². The smallest absolute Gasteiger partial charge is 0.147 e. The highest BCUT2D eigenvalue weighted by Gasteiger charge is 2.06. The summed E-state index contributed by atoms with van der Waals surface area (Å²) < 4.78 is 4.30. The Labute approximate surface area is 91.6 Å². The van der Waals surface area contributed by atoms with Gasteiger partial charge in [0.1, 0.15) is 11.3 Å². The quantitative estimate of drug-likeness (QED) is 0.434. The van der Waals surface area contributed by atoms with Crippen LogP contribution in [0.2, 0.25) is 0 Å². The van der Waals surface area contributed by atoms with E-state index in [1.165, 1.54) is 10.9 Å². The topological polar surface area (TPSA) is 21.7 Å². The van der Waals surface area contributed by atoms with Crippen molar-refractivity contribution in [3.05, 3.63) is 55.0 Å². The maximum absolute atomic E-state index is 4.43. The van der Waals surface area contributed by atoms with Crippen LogP contribution in [-0.4, -0.2) is 13.8 Å². The van der Waals surface area contributed by atoms with Crippen LogP contribution < -0.4 is 0 Å². The number of rotatable bonds is 0. The van der Waals surface area contributed by atoms with Gasteiger partial charge < -0.3 is 4.40 Å². The number of nitrogens with zero attached hydrogens (tertiary/aromatic N) is 3. The Bertz CT molecular complexity index is 739. The molecule has 3 nitrogen and oxygen atoms in total. The van der Waals surface area contributed by atoms with Crippen LogP contribution in [0.1, 0.15) is 0 Å². The zero-order valence-corrected chi connectivity index (χ0v) is 8.54. The largest absolute Gasteiger partial charge is 0.302 e. The Kier molecular flexibility index (Phi) is 1.31. The second kappa shape index (κ2) is 2.64. The van der Waals surface area contributed by atoms with Crippen molar-refractivity contribution in [3.63, 3.8) is 0 Å². The first-order chi connectivity index (χ1) is 7.95. The summed E-state index contributed by atoms with van der Waals surface area (Å²) in [6, 6.07) is 12.5. The molecule has 3 aromatic heterocycles. The van der Waals surface area contributed by atoms with Crippen molar-refractivity contribution in [2.24, 2.45) is 0 Å². The van der Waals surface area contributed by atoms with Crippen molar-refractivity contribution >= 4 is 22.2 Å². The molecule has 0 N–H and O–H groups in total. The molecule has 0 amide bonds. The van der Waals surface area contributed by atoms with E-state index in [9.17, 15) is 0 Å². The molecule has 0 aliphatic rings. The van der Waals surface area contributed by atoms with Crippen LogP contribution >= 0.6 is 0 Å². The lowest BCUT2D eigenvalue weighted by Crippen LogP contribution is -1.94. The Hall–Kier alpha value is -2.29. The van der Waals surface area contributed by atoms with E-state index in [1.807, 2.05) is 18.5 Å². The van der Waals surface area contributed by atoms with Gasteiger partial charge in [-0.15, -0.1) is 0 Å². The molecule has 0 atom stereocenters. The molecular weight excluding hydrogens is 198 g/mol. The standard InChI is InChI=1S/C13H9N3/c1-2-5-11-10(4-1)13-14-7-9-16(13)12-6-3-8-15(11)12/h1-9H. The van der Waals surface area contributed by atoms with Crippen LogP contribution in [0.5, 0.6) is 0 Å². The average Bonchev–Trinajstić information content (AvgIpc) is 2.98. The molecule has 76 valence electrons. The number of fused-ring (bicyclic) bond motifs is 6. The fourth-order valence-electron chi connectivity index (χ4n) is 2.33. The first kappa shape index (κ1) is 7.93. The van der Waals surface area contributed by atoms with E-state index in [2.05, 4.69) is 50.3 Å². The average molecular weight is 207 g/mol. The molecule has 4 aromatic rings. The molecule has 16 heavy (non-hydrogen) atoms. The van der Waals surface area contributed by atoms with Gasteiger partial charge in [0.15, 0.2) is 0 Å². The molecule has 3 heterocycles. The molecule has 3 heteroatoms. The van der Waals surface area contributed by atoms with Gasteiger partial charge in [0.25, 0.3) is 0 Å². The normalized spacial score (nSPS) is 11.8. The Morgan fingerprint density at radius 3 is 2.81 bits per heavy atom. The molecule has 4 rings (SSSR count). The molecule has 0 saturated carbocycles. The van der Waals surface area contributed by atoms with Crippen LogP contribution in [0, 0.1) is 0 Å². The number of aromatic nitrogens is 3. The highest BCUT2D eigenvalue weighted by atomic mass is 15.1. The predicted molar refractivity (Wildman–Crippen MR) is 63.7 cm³/mol. The number of benzene rings is 1. The van der Waals surface area contributed by atoms with Gasteiger partial charge in [-0.25, -0.2) is 4.98 Å². The minimum absolute atomic E-state index is 1.02. The van der Waals surface area contributed by atoms with Crippen LogP contribution in [0.15, 0.2) is 55.0 Å². The Balaban J connectivity index is 2.51. The fourth-order valence-corrected chi connectivity index (χ4v) is 2.33. The second-order valence-electron chi connectivity index (χ2n) is 3.87. The number of imidazole rings is 1. The van der Waals surface area contributed by atoms with Crippen LogP contribution in [0.25, 0.3) is 22.2 Å². The van der Waals surface area contributed by atoms with E-state index in [-0.39, 0.29) is 0 Å². The summed E-state index contributed by atoms with van der Waals surface area (Å²) >= 11 is 0. The number of hydrogen-bond acceptors (Lipinski definition) is 1. The van der Waals surface area contributed by atoms with Crippen LogP contribution in [0.3, 0.4) is 0 Å². The van der Waals surface area contributed by atoms with Gasteiger partial charge >= 0.3 is 0 Å². The maximum atomic E-state index is 4.43.